The molecule has 0 spiro atoms. The van der Waals surface area contributed by atoms with E-state index < -0.39 is 6.04 Å². The average molecular weight is 583 g/mol. The van der Waals surface area contributed by atoms with Crippen molar-refractivity contribution < 1.29 is 19.1 Å². The molecule has 2 amide bonds. The van der Waals surface area contributed by atoms with E-state index in [1.807, 2.05) is 0 Å². The van der Waals surface area contributed by atoms with Gasteiger partial charge in [-0.25, -0.2) is 0 Å². The maximum Gasteiger partial charge on any atom is 0.255 e. The summed E-state index contributed by atoms with van der Waals surface area (Å²) in [6, 6.07) is 13.3. The molecule has 226 valence electrons. The Morgan fingerprint density at radius 3 is 2.27 bits per heavy atom. The van der Waals surface area contributed by atoms with Gasteiger partial charge >= 0.3 is 0 Å². The molecule has 1 heterocycles. The van der Waals surface area contributed by atoms with E-state index in [-0.39, 0.29) is 28.0 Å². The van der Waals surface area contributed by atoms with Crippen LogP contribution < -0.4 is 14.8 Å². The minimum absolute atomic E-state index is 0.00962. The highest BCUT2D eigenvalue weighted by molar-refractivity contribution is 8.00. The molecule has 2 aromatic carbocycles. The Balaban J connectivity index is 1.54. The quantitative estimate of drug-likeness (QED) is 0.236. The van der Waals surface area contributed by atoms with Crippen molar-refractivity contribution in [1.82, 2.24) is 10.2 Å². The first kappa shape index (κ1) is 32.8. The first-order chi connectivity index (χ1) is 19.5. The number of nitrogens with zero attached hydrogens (tertiary/aromatic N) is 1. The Labute approximate surface area is 251 Å². The fourth-order valence-corrected chi connectivity index (χ4v) is 6.33. The number of nitrogens with one attached hydrogen (secondary N) is 1. The van der Waals surface area contributed by atoms with Gasteiger partial charge in [0.15, 0.2) is 0 Å². The van der Waals surface area contributed by atoms with Gasteiger partial charge in [0, 0.05) is 23.4 Å². The van der Waals surface area contributed by atoms with E-state index in [1.165, 1.54) is 11.1 Å². The lowest BCUT2D eigenvalue weighted by atomic mass is 9.76. The zero-order valence-corrected chi connectivity index (χ0v) is 27.2. The molecule has 0 aromatic heterocycles. The number of amides is 2. The number of benzene rings is 2. The smallest absolute Gasteiger partial charge is 0.255 e. The zero-order chi connectivity index (χ0) is 30.2. The molecule has 1 fully saturated rings. The number of rotatable bonds is 14. The zero-order valence-electron chi connectivity index (χ0n) is 26.3. The summed E-state index contributed by atoms with van der Waals surface area (Å²) in [7, 11) is 1.60. The Bertz CT molecular complexity index is 1160. The van der Waals surface area contributed by atoms with E-state index in [0.29, 0.717) is 30.2 Å². The molecule has 2 aromatic rings. The van der Waals surface area contributed by atoms with E-state index in [0.717, 1.165) is 37.9 Å². The van der Waals surface area contributed by atoms with Crippen molar-refractivity contribution in [3.63, 3.8) is 0 Å². The molecular formula is C34H50N2O4S. The molecule has 0 aliphatic carbocycles. The summed E-state index contributed by atoms with van der Waals surface area (Å²) in [5.41, 5.74) is 3.32. The van der Waals surface area contributed by atoms with Crippen LogP contribution in [0.2, 0.25) is 0 Å². The van der Waals surface area contributed by atoms with E-state index >= 15 is 0 Å². The SMILES string of the molecule is CCC1SCC(C(=O)NCCCCOc2ccc(C(C)(C)CC)cc2C(C)(C)CC)N1C(=O)c1ccc(OC)cc1. The number of ether oxygens (including phenoxy) is 2. The normalized spacial score (nSPS) is 17.4. The Morgan fingerprint density at radius 2 is 1.66 bits per heavy atom. The number of hydrogen-bond acceptors (Lipinski definition) is 5. The minimum Gasteiger partial charge on any atom is -0.497 e. The van der Waals surface area contributed by atoms with Gasteiger partial charge in [0.2, 0.25) is 5.91 Å². The second-order valence-corrected chi connectivity index (χ2v) is 13.4. The highest BCUT2D eigenvalue weighted by atomic mass is 32.2. The minimum atomic E-state index is -0.472. The van der Waals surface area contributed by atoms with Gasteiger partial charge in [0.05, 0.1) is 19.1 Å². The number of carbonyl (C=O) groups excluding carboxylic acids is 2. The molecule has 0 bridgehead atoms. The van der Waals surface area contributed by atoms with Gasteiger partial charge in [-0.1, -0.05) is 60.6 Å². The summed E-state index contributed by atoms with van der Waals surface area (Å²) in [5, 5.41) is 3.07. The first-order valence-electron chi connectivity index (χ1n) is 15.1. The first-order valence-corrected chi connectivity index (χ1v) is 16.2. The molecule has 3 rings (SSSR count). The lowest BCUT2D eigenvalue weighted by Gasteiger charge is -2.30. The molecule has 2 atom stereocenters. The Hall–Kier alpha value is -2.67. The number of methoxy groups -OCH3 is 1. The largest absolute Gasteiger partial charge is 0.497 e. The van der Waals surface area contributed by atoms with Crippen LogP contribution in [-0.4, -0.2) is 54.1 Å². The topological polar surface area (TPSA) is 67.9 Å². The number of unbranched alkanes of at least 4 members (excludes halogenated alkanes) is 1. The molecule has 41 heavy (non-hydrogen) atoms. The second kappa shape index (κ2) is 14.5. The number of hydrogen-bond donors (Lipinski definition) is 1. The Morgan fingerprint density at radius 1 is 0.976 bits per heavy atom. The summed E-state index contributed by atoms with van der Waals surface area (Å²) >= 11 is 1.67. The van der Waals surface area contributed by atoms with E-state index in [1.54, 1.807) is 48.0 Å². The average Bonchev–Trinajstić information content (AvgIpc) is 3.42. The maximum atomic E-state index is 13.4. The third-order valence-corrected chi connectivity index (χ3v) is 10.2. The van der Waals surface area contributed by atoms with Gasteiger partial charge in [-0.05, 0) is 78.8 Å². The number of carbonyl (C=O) groups is 2. The molecule has 0 saturated carbocycles. The van der Waals surface area contributed by atoms with E-state index in [9.17, 15) is 9.59 Å². The Kier molecular flexibility index (Phi) is 11.6. The highest BCUT2D eigenvalue weighted by Gasteiger charge is 2.40. The van der Waals surface area contributed by atoms with Crippen LogP contribution in [0.5, 0.6) is 11.5 Å². The van der Waals surface area contributed by atoms with Crippen LogP contribution in [0.25, 0.3) is 0 Å². The molecule has 1 aliphatic rings. The summed E-state index contributed by atoms with van der Waals surface area (Å²) in [4.78, 5) is 28.3. The van der Waals surface area contributed by atoms with Crippen molar-refractivity contribution in [2.24, 2.45) is 0 Å². The highest BCUT2D eigenvalue weighted by Crippen LogP contribution is 2.38. The fourth-order valence-electron chi connectivity index (χ4n) is 4.97. The lowest BCUT2D eigenvalue weighted by Crippen LogP contribution is -2.49. The summed E-state index contributed by atoms with van der Waals surface area (Å²) in [6.07, 6.45) is 4.54. The third-order valence-electron chi connectivity index (χ3n) is 8.70. The molecule has 6 nitrogen and oxygen atoms in total. The predicted octanol–water partition coefficient (Wildman–Crippen LogP) is 7.34. The van der Waals surface area contributed by atoms with Gasteiger partial charge in [-0.3, -0.25) is 9.59 Å². The summed E-state index contributed by atoms with van der Waals surface area (Å²) in [6.45, 7) is 16.8. The van der Waals surface area contributed by atoms with Crippen molar-refractivity contribution >= 4 is 23.6 Å². The van der Waals surface area contributed by atoms with E-state index in [4.69, 9.17) is 9.47 Å². The van der Waals surface area contributed by atoms with Crippen molar-refractivity contribution in [3.05, 3.63) is 59.2 Å². The predicted molar refractivity (Wildman–Crippen MR) is 170 cm³/mol. The lowest BCUT2D eigenvalue weighted by molar-refractivity contribution is -0.124. The monoisotopic (exact) mass is 582 g/mol. The van der Waals surface area contributed by atoms with Crippen LogP contribution in [0, 0.1) is 0 Å². The van der Waals surface area contributed by atoms with Crippen LogP contribution in [0.4, 0.5) is 0 Å². The molecule has 7 heteroatoms. The number of thioether (sulfide) groups is 1. The van der Waals surface area contributed by atoms with Gasteiger partial charge in [0.25, 0.3) is 5.91 Å². The maximum absolute atomic E-state index is 13.4. The van der Waals surface area contributed by atoms with Crippen LogP contribution in [0.1, 0.15) is 102 Å². The summed E-state index contributed by atoms with van der Waals surface area (Å²) < 4.78 is 11.5. The molecule has 0 radical (unpaired) electrons. The van der Waals surface area contributed by atoms with Crippen LogP contribution in [0.15, 0.2) is 42.5 Å². The molecule has 1 N–H and O–H groups in total. The molecule has 1 saturated heterocycles. The third kappa shape index (κ3) is 8.00. The molecule has 2 unspecified atom stereocenters. The van der Waals surface area contributed by atoms with Crippen LogP contribution in [-0.2, 0) is 15.6 Å². The van der Waals surface area contributed by atoms with Gasteiger partial charge in [0.1, 0.15) is 17.5 Å². The molecular weight excluding hydrogens is 532 g/mol. The van der Waals surface area contributed by atoms with Crippen molar-refractivity contribution in [1.29, 1.82) is 0 Å². The summed E-state index contributed by atoms with van der Waals surface area (Å²) in [5.74, 6) is 2.06. The van der Waals surface area contributed by atoms with Crippen molar-refractivity contribution in [3.8, 4) is 11.5 Å². The standard InChI is InChI=1S/C34H50N2O4S/c1-9-30-36(32(38)24-14-17-26(39-8)18-15-24)28(23-41-30)31(37)35-20-12-13-21-40-29-19-16-25(33(4,5)10-2)22-27(29)34(6,7)11-3/h14-19,22,28,30H,9-13,20-21,23H2,1-8H3,(H,35,37). The second-order valence-electron chi connectivity index (χ2n) is 12.2. The molecule has 1 aliphatic heterocycles. The van der Waals surface area contributed by atoms with Gasteiger partial charge in [-0.2, -0.15) is 0 Å². The fraction of sp³-hybridized carbons (Fsp3) is 0.588. The van der Waals surface area contributed by atoms with Crippen molar-refractivity contribution in [2.75, 3.05) is 26.0 Å². The van der Waals surface area contributed by atoms with Gasteiger partial charge < -0.3 is 19.7 Å². The van der Waals surface area contributed by atoms with Gasteiger partial charge in [-0.15, -0.1) is 11.8 Å². The van der Waals surface area contributed by atoms with Crippen molar-refractivity contribution in [2.45, 2.75) is 103 Å². The van der Waals surface area contributed by atoms with E-state index in [2.05, 4.69) is 72.0 Å². The van der Waals surface area contributed by atoms with Crippen LogP contribution >= 0.6 is 11.8 Å². The van der Waals surface area contributed by atoms with Crippen LogP contribution in [0.3, 0.4) is 0 Å².